The highest BCUT2D eigenvalue weighted by Gasteiger charge is 2.01. The van der Waals surface area contributed by atoms with E-state index in [0.29, 0.717) is 16.2 Å². The van der Waals surface area contributed by atoms with E-state index >= 15 is 0 Å². The average molecular weight is 356 g/mol. The first kappa shape index (κ1) is 18.4. The van der Waals surface area contributed by atoms with Crippen molar-refractivity contribution in [3.63, 3.8) is 0 Å². The van der Waals surface area contributed by atoms with E-state index in [1.54, 1.807) is 25.4 Å². The van der Waals surface area contributed by atoms with E-state index in [-0.39, 0.29) is 18.1 Å². The molecule has 0 radical (unpaired) electrons. The predicted molar refractivity (Wildman–Crippen MR) is 101 cm³/mol. The number of benzene rings is 1. The Morgan fingerprint density at radius 2 is 2.24 bits per heavy atom. The Labute approximate surface area is 150 Å². The maximum atomic E-state index is 12.8. The van der Waals surface area contributed by atoms with Gasteiger partial charge in [0.05, 0.1) is 29.0 Å². The summed E-state index contributed by atoms with van der Waals surface area (Å²) < 4.78 is 12.8. The number of nitrogens with one attached hydrogen (secondary N) is 2. The van der Waals surface area contributed by atoms with Crippen molar-refractivity contribution in [3.8, 4) is 0 Å². The summed E-state index contributed by atoms with van der Waals surface area (Å²) in [5.41, 5.74) is 5.70. The summed E-state index contributed by atoms with van der Waals surface area (Å²) in [6.07, 6.45) is 7.67. The van der Waals surface area contributed by atoms with Gasteiger partial charge in [0.2, 0.25) is 5.91 Å². The molecule has 1 heterocycles. The van der Waals surface area contributed by atoms with E-state index in [1.165, 1.54) is 18.5 Å². The van der Waals surface area contributed by atoms with E-state index in [0.717, 1.165) is 11.1 Å². The van der Waals surface area contributed by atoms with E-state index in [2.05, 4.69) is 27.4 Å². The molecule has 0 saturated carbocycles. The van der Waals surface area contributed by atoms with Crippen LogP contribution in [-0.2, 0) is 4.79 Å². The topological polar surface area (TPSA) is 66.4 Å². The van der Waals surface area contributed by atoms with Gasteiger partial charge in [-0.3, -0.25) is 15.2 Å². The van der Waals surface area contributed by atoms with Gasteiger partial charge in [0, 0.05) is 31.1 Å². The molecule has 0 aliphatic carbocycles. The van der Waals surface area contributed by atoms with Crippen LogP contribution in [0.15, 0.2) is 65.4 Å². The summed E-state index contributed by atoms with van der Waals surface area (Å²) in [6, 6.07) is 9.15. The third-order valence-corrected chi connectivity index (χ3v) is 3.72. The number of likely N-dealkylation sites (N-methyl/N-ethyl adjacent to an activating group) is 1. The molecule has 0 bridgehead atoms. The minimum atomic E-state index is -0.175. The molecule has 2 aromatic rings. The standard InChI is InChI=1S/C18H17FN4OS/c1-13(23-22-11-16-8-9-21-12-17(16)25-19)15-5-3-4-14(10-15)6-7-18(24)20-2/h3-12,23H,1H2,2H3,(H,20,24)/b7-6+,22-11+. The molecule has 2 rings (SSSR count). The van der Waals surface area contributed by atoms with Crippen LogP contribution in [0, 0.1) is 0 Å². The Kier molecular flexibility index (Phi) is 6.91. The minimum Gasteiger partial charge on any atom is -0.356 e. The zero-order chi connectivity index (χ0) is 18.1. The molecule has 7 heteroatoms. The summed E-state index contributed by atoms with van der Waals surface area (Å²) in [7, 11) is 1.57. The molecular weight excluding hydrogens is 339 g/mol. The molecular formula is C18H17FN4OS. The molecule has 1 amide bonds. The van der Waals surface area contributed by atoms with Crippen molar-refractivity contribution in [1.82, 2.24) is 15.7 Å². The molecule has 1 aromatic carbocycles. The van der Waals surface area contributed by atoms with Crippen molar-refractivity contribution in [2.75, 3.05) is 7.05 Å². The van der Waals surface area contributed by atoms with Crippen LogP contribution < -0.4 is 10.7 Å². The lowest BCUT2D eigenvalue weighted by Crippen LogP contribution is -2.13. The number of aromatic nitrogens is 1. The van der Waals surface area contributed by atoms with Gasteiger partial charge in [-0.1, -0.05) is 24.8 Å². The lowest BCUT2D eigenvalue weighted by Gasteiger charge is -2.06. The Morgan fingerprint density at radius 1 is 1.40 bits per heavy atom. The van der Waals surface area contributed by atoms with Crippen molar-refractivity contribution in [2.24, 2.45) is 5.10 Å². The Bertz CT molecular complexity index is 820. The molecule has 0 aliphatic rings. The molecule has 25 heavy (non-hydrogen) atoms. The lowest BCUT2D eigenvalue weighted by atomic mass is 10.1. The molecule has 0 aliphatic heterocycles. The van der Waals surface area contributed by atoms with Gasteiger partial charge >= 0.3 is 0 Å². The van der Waals surface area contributed by atoms with Crippen LogP contribution >= 0.6 is 12.1 Å². The summed E-state index contributed by atoms with van der Waals surface area (Å²) in [4.78, 5) is 15.5. The van der Waals surface area contributed by atoms with Gasteiger partial charge in [-0.2, -0.15) is 8.99 Å². The highest BCUT2D eigenvalue weighted by Crippen LogP contribution is 2.20. The number of amides is 1. The first-order valence-electron chi connectivity index (χ1n) is 7.35. The van der Waals surface area contributed by atoms with E-state index in [1.807, 2.05) is 24.3 Å². The molecule has 5 nitrogen and oxygen atoms in total. The van der Waals surface area contributed by atoms with Crippen LogP contribution in [0.2, 0.25) is 0 Å². The van der Waals surface area contributed by atoms with E-state index < -0.39 is 0 Å². The first-order valence-corrected chi connectivity index (χ1v) is 8.06. The number of hydrogen-bond donors (Lipinski definition) is 2. The SMILES string of the molecule is C=C(N/N=C/c1ccncc1SF)c1cccc(/C=C/C(=O)NC)c1. The van der Waals surface area contributed by atoms with E-state index in [4.69, 9.17) is 0 Å². The average Bonchev–Trinajstić information content (AvgIpc) is 2.66. The van der Waals surface area contributed by atoms with Crippen molar-refractivity contribution in [3.05, 3.63) is 72.1 Å². The quantitative estimate of drug-likeness (QED) is 0.453. The highest BCUT2D eigenvalue weighted by atomic mass is 32.2. The molecule has 0 unspecified atom stereocenters. The molecule has 128 valence electrons. The van der Waals surface area contributed by atoms with Gasteiger partial charge in [-0.15, -0.1) is 0 Å². The summed E-state index contributed by atoms with van der Waals surface area (Å²) in [5, 5.41) is 6.60. The number of carbonyl (C=O) groups excluding carboxylic acids is 1. The van der Waals surface area contributed by atoms with Gasteiger partial charge in [0.15, 0.2) is 0 Å². The second-order valence-corrected chi connectivity index (χ2v) is 5.51. The zero-order valence-corrected chi connectivity index (χ0v) is 14.4. The van der Waals surface area contributed by atoms with Crippen molar-refractivity contribution >= 4 is 36.0 Å². The number of nitrogens with zero attached hydrogens (tertiary/aromatic N) is 2. The van der Waals surface area contributed by atoms with Crippen molar-refractivity contribution < 1.29 is 8.68 Å². The van der Waals surface area contributed by atoms with Crippen LogP contribution in [0.5, 0.6) is 0 Å². The monoisotopic (exact) mass is 356 g/mol. The van der Waals surface area contributed by atoms with Gasteiger partial charge < -0.3 is 5.32 Å². The number of hydrogen-bond acceptors (Lipinski definition) is 5. The van der Waals surface area contributed by atoms with E-state index in [9.17, 15) is 8.68 Å². The number of carbonyl (C=O) groups is 1. The van der Waals surface area contributed by atoms with Crippen LogP contribution in [-0.4, -0.2) is 24.2 Å². The van der Waals surface area contributed by atoms with Gasteiger partial charge in [0.25, 0.3) is 0 Å². The molecule has 2 N–H and O–H groups in total. The lowest BCUT2D eigenvalue weighted by molar-refractivity contribution is -0.115. The van der Waals surface area contributed by atoms with Crippen LogP contribution in [0.3, 0.4) is 0 Å². The van der Waals surface area contributed by atoms with Gasteiger partial charge in [-0.25, -0.2) is 0 Å². The largest absolute Gasteiger partial charge is 0.356 e. The summed E-state index contributed by atoms with van der Waals surface area (Å²) in [5.74, 6) is -0.175. The maximum absolute atomic E-state index is 12.8. The van der Waals surface area contributed by atoms with Crippen LogP contribution in [0.1, 0.15) is 16.7 Å². The third-order valence-electron chi connectivity index (χ3n) is 3.21. The number of pyridine rings is 1. The Morgan fingerprint density at radius 3 is 3.00 bits per heavy atom. The fraction of sp³-hybridized carbons (Fsp3) is 0.0556. The molecule has 1 aromatic heterocycles. The minimum absolute atomic E-state index is 0.118. The number of hydrazone groups is 1. The molecule has 0 saturated heterocycles. The predicted octanol–water partition coefficient (Wildman–Crippen LogP) is 3.41. The second-order valence-electron chi connectivity index (χ2n) is 4.91. The number of halogens is 1. The van der Waals surface area contributed by atoms with Gasteiger partial charge in [-0.05, 0) is 29.3 Å². The fourth-order valence-corrected chi connectivity index (χ4v) is 2.20. The third kappa shape index (κ3) is 5.58. The smallest absolute Gasteiger partial charge is 0.243 e. The van der Waals surface area contributed by atoms with Crippen LogP contribution in [0.4, 0.5) is 3.89 Å². The molecule has 0 spiro atoms. The molecule has 0 fully saturated rings. The maximum Gasteiger partial charge on any atom is 0.243 e. The van der Waals surface area contributed by atoms with Crippen LogP contribution in [0.25, 0.3) is 11.8 Å². The second kappa shape index (κ2) is 9.39. The first-order chi connectivity index (χ1) is 12.1. The van der Waals surface area contributed by atoms with Gasteiger partial charge in [0.1, 0.15) is 0 Å². The normalized spacial score (nSPS) is 11.0. The molecule has 0 atom stereocenters. The fourth-order valence-electron chi connectivity index (χ4n) is 1.89. The zero-order valence-electron chi connectivity index (χ0n) is 13.6. The summed E-state index contributed by atoms with van der Waals surface area (Å²) in [6.45, 7) is 3.93. The highest BCUT2D eigenvalue weighted by molar-refractivity contribution is 7.94. The van der Waals surface area contributed by atoms with Crippen molar-refractivity contribution in [2.45, 2.75) is 4.90 Å². The Hall–Kier alpha value is -2.93. The Balaban J connectivity index is 2.04. The summed E-state index contributed by atoms with van der Waals surface area (Å²) >= 11 is 0.118. The van der Waals surface area contributed by atoms with Crippen molar-refractivity contribution in [1.29, 1.82) is 0 Å². The number of rotatable bonds is 7.